The minimum absolute atomic E-state index is 0.0643. The van der Waals surface area contributed by atoms with Gasteiger partial charge >= 0.3 is 0 Å². The van der Waals surface area contributed by atoms with E-state index in [9.17, 15) is 14.4 Å². The molecule has 94 valence electrons. The standard InChI is InChI=1S/C14H13ClFNO/c15-11-5-4-10(12(16)7-11)8-14(9-17)6-2-1-3-13(14)18/h4-5,7H,1-3,6,8H2. The largest absolute Gasteiger partial charge is 0.298 e. The van der Waals surface area contributed by atoms with Gasteiger partial charge in [0.2, 0.25) is 0 Å². The molecule has 1 atom stereocenters. The Bertz CT molecular complexity index is 523. The number of rotatable bonds is 2. The number of benzene rings is 1. The highest BCUT2D eigenvalue weighted by Crippen LogP contribution is 2.36. The van der Waals surface area contributed by atoms with E-state index in [0.29, 0.717) is 23.4 Å². The predicted octanol–water partition coefficient (Wildman–Crippen LogP) is 3.67. The lowest BCUT2D eigenvalue weighted by molar-refractivity contribution is -0.128. The van der Waals surface area contributed by atoms with Gasteiger partial charge in [-0.05, 0) is 30.5 Å². The molecule has 0 amide bonds. The van der Waals surface area contributed by atoms with Crippen LogP contribution in [0.1, 0.15) is 31.2 Å². The number of Topliss-reactive ketones (excluding diaryl/α,β-unsaturated/α-hetero) is 1. The summed E-state index contributed by atoms with van der Waals surface area (Å²) in [7, 11) is 0. The second-order valence-electron chi connectivity index (χ2n) is 4.74. The highest BCUT2D eigenvalue weighted by atomic mass is 35.5. The Morgan fingerprint density at radius 2 is 2.22 bits per heavy atom. The van der Waals surface area contributed by atoms with Gasteiger partial charge in [-0.25, -0.2) is 4.39 Å². The van der Waals surface area contributed by atoms with Crippen LogP contribution in [0.25, 0.3) is 0 Å². The molecule has 0 bridgehead atoms. The molecule has 1 unspecified atom stereocenters. The monoisotopic (exact) mass is 265 g/mol. The number of nitriles is 1. The average Bonchev–Trinajstić information content (AvgIpc) is 2.35. The van der Waals surface area contributed by atoms with Crippen LogP contribution < -0.4 is 0 Å². The number of hydrogen-bond donors (Lipinski definition) is 0. The SMILES string of the molecule is N#CC1(Cc2ccc(Cl)cc2F)CCCCC1=O. The molecule has 2 rings (SSSR count). The Labute approximate surface area is 110 Å². The minimum atomic E-state index is -1.05. The van der Waals surface area contributed by atoms with Crippen LogP contribution in [0.2, 0.25) is 5.02 Å². The zero-order valence-electron chi connectivity index (χ0n) is 9.88. The first-order valence-electron chi connectivity index (χ1n) is 5.96. The number of carbonyl (C=O) groups is 1. The third kappa shape index (κ3) is 2.39. The molecule has 1 aromatic carbocycles. The van der Waals surface area contributed by atoms with Crippen molar-refractivity contribution in [1.29, 1.82) is 5.26 Å². The van der Waals surface area contributed by atoms with Crippen LogP contribution in [0.15, 0.2) is 18.2 Å². The zero-order valence-corrected chi connectivity index (χ0v) is 10.6. The van der Waals surface area contributed by atoms with Gasteiger partial charge in [0.05, 0.1) is 6.07 Å². The van der Waals surface area contributed by atoms with Gasteiger partial charge in [0.1, 0.15) is 11.2 Å². The van der Waals surface area contributed by atoms with Crippen molar-refractivity contribution in [3.8, 4) is 6.07 Å². The Morgan fingerprint density at radius 3 is 2.83 bits per heavy atom. The first-order chi connectivity index (χ1) is 8.57. The highest BCUT2D eigenvalue weighted by Gasteiger charge is 2.40. The Morgan fingerprint density at radius 1 is 1.44 bits per heavy atom. The van der Waals surface area contributed by atoms with Gasteiger partial charge in [-0.15, -0.1) is 0 Å². The van der Waals surface area contributed by atoms with Crippen molar-refractivity contribution in [2.75, 3.05) is 0 Å². The first kappa shape index (κ1) is 13.0. The summed E-state index contributed by atoms with van der Waals surface area (Å²) >= 11 is 5.68. The predicted molar refractivity (Wildman–Crippen MR) is 66.6 cm³/mol. The summed E-state index contributed by atoms with van der Waals surface area (Å²) in [6.45, 7) is 0. The number of ketones is 1. The Balaban J connectivity index is 2.30. The molecule has 0 aliphatic heterocycles. The van der Waals surface area contributed by atoms with Crippen LogP contribution in [0.3, 0.4) is 0 Å². The lowest BCUT2D eigenvalue weighted by Gasteiger charge is -2.29. The van der Waals surface area contributed by atoms with Crippen molar-refractivity contribution in [3.05, 3.63) is 34.6 Å². The number of hydrogen-bond acceptors (Lipinski definition) is 2. The summed E-state index contributed by atoms with van der Waals surface area (Å²) in [5.41, 5.74) is -0.663. The van der Waals surface area contributed by atoms with E-state index in [4.69, 9.17) is 11.6 Å². The van der Waals surface area contributed by atoms with E-state index in [1.54, 1.807) is 12.1 Å². The molecule has 0 radical (unpaired) electrons. The van der Waals surface area contributed by atoms with Crippen LogP contribution in [-0.4, -0.2) is 5.78 Å². The van der Waals surface area contributed by atoms with Crippen molar-refractivity contribution in [1.82, 2.24) is 0 Å². The third-order valence-electron chi connectivity index (χ3n) is 3.51. The summed E-state index contributed by atoms with van der Waals surface area (Å²) in [6, 6.07) is 6.46. The smallest absolute Gasteiger partial charge is 0.153 e. The van der Waals surface area contributed by atoms with Gasteiger partial charge in [0.15, 0.2) is 5.78 Å². The Kier molecular flexibility index (Phi) is 3.68. The third-order valence-corrected chi connectivity index (χ3v) is 3.75. The quantitative estimate of drug-likeness (QED) is 0.818. The summed E-state index contributed by atoms with van der Waals surface area (Å²) in [5.74, 6) is -0.513. The zero-order chi connectivity index (χ0) is 13.2. The summed E-state index contributed by atoms with van der Waals surface area (Å²) in [5, 5.41) is 9.62. The molecule has 18 heavy (non-hydrogen) atoms. The molecule has 0 N–H and O–H groups in total. The van der Waals surface area contributed by atoms with Gasteiger partial charge in [0, 0.05) is 17.9 Å². The van der Waals surface area contributed by atoms with Gasteiger partial charge in [-0.1, -0.05) is 24.1 Å². The molecular weight excluding hydrogens is 253 g/mol. The first-order valence-corrected chi connectivity index (χ1v) is 6.34. The molecule has 0 heterocycles. The van der Waals surface area contributed by atoms with Gasteiger partial charge < -0.3 is 0 Å². The van der Waals surface area contributed by atoms with Crippen LogP contribution in [-0.2, 0) is 11.2 Å². The Hall–Kier alpha value is -1.40. The van der Waals surface area contributed by atoms with E-state index in [2.05, 4.69) is 6.07 Å². The van der Waals surface area contributed by atoms with Crippen LogP contribution in [0.5, 0.6) is 0 Å². The van der Waals surface area contributed by atoms with E-state index >= 15 is 0 Å². The molecule has 2 nitrogen and oxygen atoms in total. The summed E-state index contributed by atoms with van der Waals surface area (Å²) in [6.07, 6.45) is 2.75. The van der Waals surface area contributed by atoms with Crippen LogP contribution in [0, 0.1) is 22.6 Å². The number of halogens is 2. The molecule has 1 saturated carbocycles. The van der Waals surface area contributed by atoms with Crippen molar-refractivity contribution in [3.63, 3.8) is 0 Å². The summed E-state index contributed by atoms with van der Waals surface area (Å²) < 4.78 is 13.7. The fraction of sp³-hybridized carbons (Fsp3) is 0.429. The molecule has 1 fully saturated rings. The van der Waals surface area contributed by atoms with Crippen molar-refractivity contribution < 1.29 is 9.18 Å². The average molecular weight is 266 g/mol. The molecule has 1 aromatic rings. The van der Waals surface area contributed by atoms with E-state index in [1.165, 1.54) is 6.07 Å². The van der Waals surface area contributed by atoms with Gasteiger partial charge in [-0.2, -0.15) is 5.26 Å². The summed E-state index contributed by atoms with van der Waals surface area (Å²) in [4.78, 5) is 12.0. The van der Waals surface area contributed by atoms with Gasteiger partial charge in [-0.3, -0.25) is 4.79 Å². The number of carbonyl (C=O) groups excluding carboxylic acids is 1. The topological polar surface area (TPSA) is 40.9 Å². The molecule has 1 aliphatic carbocycles. The maximum Gasteiger partial charge on any atom is 0.153 e. The molecule has 1 aliphatic rings. The highest BCUT2D eigenvalue weighted by molar-refractivity contribution is 6.30. The second kappa shape index (κ2) is 5.07. The fourth-order valence-electron chi connectivity index (χ4n) is 2.43. The van der Waals surface area contributed by atoms with E-state index in [-0.39, 0.29) is 12.2 Å². The van der Waals surface area contributed by atoms with Crippen molar-refractivity contribution >= 4 is 17.4 Å². The lowest BCUT2D eigenvalue weighted by Crippen LogP contribution is -2.35. The minimum Gasteiger partial charge on any atom is -0.298 e. The molecule has 0 aromatic heterocycles. The molecule has 0 spiro atoms. The van der Waals surface area contributed by atoms with E-state index in [0.717, 1.165) is 12.8 Å². The van der Waals surface area contributed by atoms with Crippen molar-refractivity contribution in [2.45, 2.75) is 32.1 Å². The number of nitrogens with zero attached hydrogens (tertiary/aromatic N) is 1. The maximum atomic E-state index is 13.7. The van der Waals surface area contributed by atoms with E-state index in [1.807, 2.05) is 0 Å². The van der Waals surface area contributed by atoms with Crippen molar-refractivity contribution in [2.24, 2.45) is 5.41 Å². The normalized spacial score (nSPS) is 23.7. The fourth-order valence-corrected chi connectivity index (χ4v) is 2.58. The van der Waals surface area contributed by atoms with Crippen LogP contribution >= 0.6 is 11.6 Å². The lowest BCUT2D eigenvalue weighted by atomic mass is 9.70. The second-order valence-corrected chi connectivity index (χ2v) is 5.17. The molecule has 0 saturated heterocycles. The molecule has 4 heteroatoms. The molecular formula is C14H13ClFNO. The van der Waals surface area contributed by atoms with E-state index < -0.39 is 11.2 Å². The van der Waals surface area contributed by atoms with Gasteiger partial charge in [0.25, 0.3) is 0 Å². The maximum absolute atomic E-state index is 13.7. The van der Waals surface area contributed by atoms with Crippen LogP contribution in [0.4, 0.5) is 4.39 Å².